The third kappa shape index (κ3) is 1.85. The van der Waals surface area contributed by atoms with Crippen LogP contribution in [0.1, 0.15) is 25.3 Å². The van der Waals surface area contributed by atoms with Crippen molar-refractivity contribution in [2.24, 2.45) is 0 Å². The Balaban J connectivity index is 3.33. The van der Waals surface area contributed by atoms with Gasteiger partial charge in [-0.05, 0) is 11.5 Å². The first kappa shape index (κ1) is 10.1. The van der Waals surface area contributed by atoms with E-state index < -0.39 is 0 Å². The SMILES string of the molecule is CC(C)c1c(Cl)cnc(Cl)c1Cl. The van der Waals surface area contributed by atoms with Gasteiger partial charge in [-0.3, -0.25) is 0 Å². The summed E-state index contributed by atoms with van der Waals surface area (Å²) in [6.07, 6.45) is 1.52. The number of pyridine rings is 1. The third-order valence-corrected chi connectivity index (χ3v) is 2.61. The van der Waals surface area contributed by atoms with Crippen molar-refractivity contribution >= 4 is 34.8 Å². The molecule has 0 unspecified atom stereocenters. The highest BCUT2D eigenvalue weighted by atomic mass is 35.5. The van der Waals surface area contributed by atoms with Gasteiger partial charge < -0.3 is 0 Å². The minimum atomic E-state index is 0.255. The van der Waals surface area contributed by atoms with Gasteiger partial charge in [-0.15, -0.1) is 0 Å². The van der Waals surface area contributed by atoms with E-state index in [1.807, 2.05) is 13.8 Å². The lowest BCUT2D eigenvalue weighted by atomic mass is 10.1. The molecule has 12 heavy (non-hydrogen) atoms. The number of rotatable bonds is 1. The van der Waals surface area contributed by atoms with Crippen LogP contribution in [0.5, 0.6) is 0 Å². The van der Waals surface area contributed by atoms with Gasteiger partial charge in [0.2, 0.25) is 0 Å². The maximum Gasteiger partial charge on any atom is 0.147 e. The number of hydrogen-bond acceptors (Lipinski definition) is 1. The van der Waals surface area contributed by atoms with Gasteiger partial charge in [0.25, 0.3) is 0 Å². The Morgan fingerprint density at radius 1 is 1.25 bits per heavy atom. The van der Waals surface area contributed by atoms with Gasteiger partial charge in [0.15, 0.2) is 0 Å². The fourth-order valence-corrected chi connectivity index (χ4v) is 1.91. The monoisotopic (exact) mass is 223 g/mol. The highest BCUT2D eigenvalue weighted by Crippen LogP contribution is 2.34. The number of nitrogens with zero attached hydrogens (tertiary/aromatic N) is 1. The summed E-state index contributed by atoms with van der Waals surface area (Å²) in [4.78, 5) is 3.82. The van der Waals surface area contributed by atoms with Crippen LogP contribution >= 0.6 is 34.8 Å². The number of halogens is 3. The Morgan fingerprint density at radius 2 is 1.83 bits per heavy atom. The molecule has 0 fully saturated rings. The Morgan fingerprint density at radius 3 is 2.25 bits per heavy atom. The zero-order chi connectivity index (χ0) is 9.30. The molecule has 1 nitrogen and oxygen atoms in total. The van der Waals surface area contributed by atoms with Crippen LogP contribution in [0.3, 0.4) is 0 Å². The molecule has 0 saturated heterocycles. The molecule has 0 amide bonds. The molecule has 0 saturated carbocycles. The van der Waals surface area contributed by atoms with Gasteiger partial charge in [-0.25, -0.2) is 4.98 Å². The van der Waals surface area contributed by atoms with Crippen molar-refractivity contribution in [2.45, 2.75) is 19.8 Å². The van der Waals surface area contributed by atoms with Crippen molar-refractivity contribution in [3.63, 3.8) is 0 Å². The molecule has 0 aromatic carbocycles. The Hall–Kier alpha value is 0.0200. The minimum Gasteiger partial charge on any atom is -0.241 e. The van der Waals surface area contributed by atoms with Crippen LogP contribution in [-0.2, 0) is 0 Å². The van der Waals surface area contributed by atoms with E-state index in [1.165, 1.54) is 6.20 Å². The summed E-state index contributed by atoms with van der Waals surface area (Å²) in [5.41, 5.74) is 0.860. The Bertz CT molecular complexity index is 297. The molecule has 1 heterocycles. The maximum atomic E-state index is 5.91. The zero-order valence-corrected chi connectivity index (χ0v) is 9.00. The molecule has 0 bridgehead atoms. The first-order chi connectivity index (χ1) is 5.54. The summed E-state index contributed by atoms with van der Waals surface area (Å²) < 4.78 is 0. The lowest BCUT2D eigenvalue weighted by Crippen LogP contribution is -1.92. The second-order valence-electron chi connectivity index (χ2n) is 2.78. The quantitative estimate of drug-likeness (QED) is 0.653. The highest BCUT2D eigenvalue weighted by Gasteiger charge is 2.13. The molecule has 0 aliphatic carbocycles. The van der Waals surface area contributed by atoms with E-state index >= 15 is 0 Å². The summed E-state index contributed by atoms with van der Waals surface area (Å²) in [5.74, 6) is 0.255. The van der Waals surface area contributed by atoms with Crippen molar-refractivity contribution in [1.29, 1.82) is 0 Å². The fraction of sp³-hybridized carbons (Fsp3) is 0.375. The van der Waals surface area contributed by atoms with Crippen LogP contribution < -0.4 is 0 Å². The molecule has 0 N–H and O–H groups in total. The summed E-state index contributed by atoms with van der Waals surface area (Å²) in [7, 11) is 0. The minimum absolute atomic E-state index is 0.255. The van der Waals surface area contributed by atoms with E-state index in [1.54, 1.807) is 0 Å². The molecular formula is C8H8Cl3N. The summed E-state index contributed by atoms with van der Waals surface area (Å²) >= 11 is 17.5. The van der Waals surface area contributed by atoms with Crippen LogP contribution in [0.2, 0.25) is 15.2 Å². The smallest absolute Gasteiger partial charge is 0.147 e. The Kier molecular flexibility index (Phi) is 3.22. The maximum absolute atomic E-state index is 5.91. The van der Waals surface area contributed by atoms with Crippen molar-refractivity contribution in [1.82, 2.24) is 4.98 Å². The van der Waals surface area contributed by atoms with Crippen molar-refractivity contribution in [2.75, 3.05) is 0 Å². The average molecular weight is 225 g/mol. The van der Waals surface area contributed by atoms with Crippen LogP contribution in [0.15, 0.2) is 6.20 Å². The van der Waals surface area contributed by atoms with Crippen molar-refractivity contribution in [3.05, 3.63) is 27.0 Å². The molecule has 1 rings (SSSR count). The van der Waals surface area contributed by atoms with Gasteiger partial charge in [0.1, 0.15) is 5.15 Å². The summed E-state index contributed by atoms with van der Waals surface area (Å²) in [5, 5.41) is 1.34. The molecule has 1 aromatic heterocycles. The zero-order valence-electron chi connectivity index (χ0n) is 6.74. The molecular weight excluding hydrogens is 216 g/mol. The van der Waals surface area contributed by atoms with Gasteiger partial charge in [0.05, 0.1) is 10.0 Å². The third-order valence-electron chi connectivity index (χ3n) is 1.54. The lowest BCUT2D eigenvalue weighted by Gasteiger charge is -2.10. The van der Waals surface area contributed by atoms with Crippen molar-refractivity contribution in [3.8, 4) is 0 Å². The van der Waals surface area contributed by atoms with E-state index in [0.717, 1.165) is 5.56 Å². The topological polar surface area (TPSA) is 12.9 Å². The van der Waals surface area contributed by atoms with Gasteiger partial charge in [0, 0.05) is 6.20 Å². The van der Waals surface area contributed by atoms with Gasteiger partial charge in [-0.1, -0.05) is 48.7 Å². The normalized spacial score (nSPS) is 10.8. The first-order valence-corrected chi connectivity index (χ1v) is 4.66. The number of aromatic nitrogens is 1. The molecule has 0 spiro atoms. The van der Waals surface area contributed by atoms with Crippen molar-refractivity contribution < 1.29 is 0 Å². The van der Waals surface area contributed by atoms with E-state index in [-0.39, 0.29) is 5.92 Å². The molecule has 0 aliphatic heterocycles. The van der Waals surface area contributed by atoms with Gasteiger partial charge >= 0.3 is 0 Å². The predicted molar refractivity (Wildman–Crippen MR) is 53.4 cm³/mol. The molecule has 0 atom stereocenters. The molecule has 0 radical (unpaired) electrons. The van der Waals surface area contributed by atoms with E-state index in [4.69, 9.17) is 34.8 Å². The first-order valence-electron chi connectivity index (χ1n) is 3.53. The summed E-state index contributed by atoms with van der Waals surface area (Å²) in [6, 6.07) is 0. The lowest BCUT2D eigenvalue weighted by molar-refractivity contribution is 0.863. The van der Waals surface area contributed by atoms with Crippen LogP contribution in [0, 0.1) is 0 Å². The van der Waals surface area contributed by atoms with Crippen LogP contribution in [0.4, 0.5) is 0 Å². The Labute approximate surface area is 86.7 Å². The van der Waals surface area contributed by atoms with E-state index in [9.17, 15) is 0 Å². The largest absolute Gasteiger partial charge is 0.241 e. The van der Waals surface area contributed by atoms with E-state index in [0.29, 0.717) is 15.2 Å². The van der Waals surface area contributed by atoms with Gasteiger partial charge in [-0.2, -0.15) is 0 Å². The second kappa shape index (κ2) is 3.82. The van der Waals surface area contributed by atoms with Crippen LogP contribution in [0.25, 0.3) is 0 Å². The molecule has 0 aliphatic rings. The van der Waals surface area contributed by atoms with Crippen LogP contribution in [-0.4, -0.2) is 4.98 Å². The standard InChI is InChI=1S/C8H8Cl3N/c1-4(2)6-5(9)3-12-8(11)7(6)10/h3-4H,1-2H3. The number of hydrogen-bond donors (Lipinski definition) is 0. The highest BCUT2D eigenvalue weighted by molar-refractivity contribution is 6.43. The molecule has 1 aromatic rings. The summed E-state index contributed by atoms with van der Waals surface area (Å²) in [6.45, 7) is 4.01. The molecule has 66 valence electrons. The second-order valence-corrected chi connectivity index (χ2v) is 3.92. The predicted octanol–water partition coefficient (Wildman–Crippen LogP) is 4.17. The van der Waals surface area contributed by atoms with E-state index in [2.05, 4.69) is 4.98 Å². The average Bonchev–Trinajstić information content (AvgIpc) is 1.97. The fourth-order valence-electron chi connectivity index (χ4n) is 0.985. The molecule has 4 heteroatoms.